The Labute approximate surface area is 263 Å². The van der Waals surface area contributed by atoms with Crippen LogP contribution in [0, 0.1) is 0 Å². The molecule has 1 aliphatic rings. The first-order valence-corrected chi connectivity index (χ1v) is 15.4. The quantitative estimate of drug-likeness (QED) is 0.262. The highest BCUT2D eigenvalue weighted by Gasteiger charge is 2.24. The van der Waals surface area contributed by atoms with Crippen molar-refractivity contribution in [1.29, 1.82) is 0 Å². The molecule has 1 aromatic carbocycles. The van der Waals surface area contributed by atoms with Crippen molar-refractivity contribution in [2.75, 3.05) is 38.2 Å². The molecule has 14 heteroatoms. The van der Waals surface area contributed by atoms with Crippen molar-refractivity contribution in [2.45, 2.75) is 32.7 Å². The molecule has 1 fully saturated rings. The predicted molar refractivity (Wildman–Crippen MR) is 174 cm³/mol. The number of piperazine rings is 1. The molecule has 45 heavy (non-hydrogen) atoms. The molecule has 0 spiro atoms. The number of amides is 1. The van der Waals surface area contributed by atoms with E-state index in [1.54, 1.807) is 36.1 Å². The number of nitrogens with one attached hydrogen (secondary N) is 1. The van der Waals surface area contributed by atoms with Crippen LogP contribution < -0.4 is 26.2 Å². The van der Waals surface area contributed by atoms with Gasteiger partial charge in [0.15, 0.2) is 5.82 Å². The number of primary amides is 1. The molecule has 0 unspecified atom stereocenters. The average Bonchev–Trinajstić information content (AvgIpc) is 3.71. The molecule has 0 radical (unpaired) electrons. The van der Waals surface area contributed by atoms with Gasteiger partial charge >= 0.3 is 0 Å². The van der Waals surface area contributed by atoms with Crippen LogP contribution in [0.2, 0.25) is 0 Å². The fourth-order valence-corrected chi connectivity index (χ4v) is 6.12. The molecule has 1 amide bonds. The number of nitrogens with two attached hydrogens (primary N) is 1. The summed E-state index contributed by atoms with van der Waals surface area (Å²) in [6, 6.07) is 10.8. The van der Waals surface area contributed by atoms with Crippen molar-refractivity contribution in [2.24, 2.45) is 5.73 Å². The molecule has 5 aromatic rings. The Balaban J connectivity index is 1.50. The molecule has 1 aliphatic heterocycles. The minimum atomic E-state index is -0.614. The topological polar surface area (TPSA) is 158 Å². The number of benzene rings is 1. The Morgan fingerprint density at radius 2 is 1.87 bits per heavy atom. The summed E-state index contributed by atoms with van der Waals surface area (Å²) in [5, 5.41) is 18.1. The zero-order valence-corrected chi connectivity index (χ0v) is 26.3. The zero-order chi connectivity index (χ0) is 31.7. The fraction of sp³-hybridized carbons (Fsp3) is 0.323. The number of tetrazole rings is 1. The van der Waals surface area contributed by atoms with Crippen LogP contribution >= 0.6 is 11.3 Å². The molecule has 5 heterocycles. The summed E-state index contributed by atoms with van der Waals surface area (Å²) >= 11 is 1.40. The molecule has 13 nitrogen and oxygen atoms in total. The van der Waals surface area contributed by atoms with Gasteiger partial charge in [-0.2, -0.15) is 0 Å². The Bertz CT molecular complexity index is 1950. The number of methoxy groups -OCH3 is 1. The highest BCUT2D eigenvalue weighted by atomic mass is 32.1. The Hall–Kier alpha value is -4.95. The van der Waals surface area contributed by atoms with E-state index < -0.39 is 5.91 Å². The summed E-state index contributed by atoms with van der Waals surface area (Å²) in [5.74, 6) is 1.13. The lowest BCUT2D eigenvalue weighted by atomic mass is 9.93. The SMILES string of the molecule is COc1ccc(Cn2nnnc2C=Cc2c(N3CCNCC3)nc3cc(C(N)=O)cc(-c4nc(C(C)(C)C)cs4)n3c2=O)cc1. The fourth-order valence-electron chi connectivity index (χ4n) is 5.07. The molecule has 1 saturated heterocycles. The monoisotopic (exact) mass is 626 g/mol. The number of thiazole rings is 1. The second kappa shape index (κ2) is 12.2. The van der Waals surface area contributed by atoms with Crippen LogP contribution in [0.25, 0.3) is 28.5 Å². The molecule has 0 saturated carbocycles. The first-order valence-electron chi connectivity index (χ1n) is 14.5. The van der Waals surface area contributed by atoms with E-state index in [2.05, 4.69) is 46.5 Å². The number of ether oxygens (including phenoxy) is 1. The van der Waals surface area contributed by atoms with Crippen molar-refractivity contribution < 1.29 is 9.53 Å². The van der Waals surface area contributed by atoms with E-state index in [0.29, 0.717) is 53.2 Å². The maximum Gasteiger partial charge on any atom is 0.267 e. The van der Waals surface area contributed by atoms with Gasteiger partial charge < -0.3 is 20.7 Å². The van der Waals surface area contributed by atoms with Gasteiger partial charge in [-0.15, -0.1) is 16.4 Å². The van der Waals surface area contributed by atoms with E-state index in [0.717, 1.165) is 30.1 Å². The lowest BCUT2D eigenvalue weighted by Crippen LogP contribution is -2.45. The number of pyridine rings is 1. The number of rotatable bonds is 8. The smallest absolute Gasteiger partial charge is 0.267 e. The van der Waals surface area contributed by atoms with Crippen LogP contribution in [-0.2, 0) is 12.0 Å². The van der Waals surface area contributed by atoms with Gasteiger partial charge in [-0.25, -0.2) is 14.6 Å². The van der Waals surface area contributed by atoms with Crippen LogP contribution in [0.1, 0.15) is 53.8 Å². The zero-order valence-electron chi connectivity index (χ0n) is 25.5. The maximum absolute atomic E-state index is 14.5. The molecule has 232 valence electrons. The second-order valence-electron chi connectivity index (χ2n) is 11.7. The van der Waals surface area contributed by atoms with E-state index in [4.69, 9.17) is 20.4 Å². The molecule has 0 bridgehead atoms. The van der Waals surface area contributed by atoms with Crippen molar-refractivity contribution in [3.05, 3.63) is 80.3 Å². The Kier molecular flexibility index (Phi) is 8.16. The molecule has 0 atom stereocenters. The maximum atomic E-state index is 14.5. The summed E-state index contributed by atoms with van der Waals surface area (Å²) in [5.41, 5.74) is 8.47. The van der Waals surface area contributed by atoms with Gasteiger partial charge in [-0.05, 0) is 52.4 Å². The van der Waals surface area contributed by atoms with Gasteiger partial charge in [-0.3, -0.25) is 14.0 Å². The minimum Gasteiger partial charge on any atom is -0.497 e. The molecule has 0 aliphatic carbocycles. The number of anilines is 1. The number of hydrogen-bond acceptors (Lipinski definition) is 11. The van der Waals surface area contributed by atoms with Crippen LogP contribution in [-0.4, -0.2) is 73.8 Å². The van der Waals surface area contributed by atoms with Gasteiger partial charge in [0.2, 0.25) is 5.91 Å². The van der Waals surface area contributed by atoms with Gasteiger partial charge in [0.25, 0.3) is 5.56 Å². The van der Waals surface area contributed by atoms with Crippen LogP contribution in [0.5, 0.6) is 5.75 Å². The number of nitrogens with zero attached hydrogens (tertiary/aromatic N) is 8. The number of hydrogen-bond donors (Lipinski definition) is 2. The van der Waals surface area contributed by atoms with E-state index in [1.807, 2.05) is 29.6 Å². The van der Waals surface area contributed by atoms with Crippen molar-refractivity contribution in [1.82, 2.24) is 39.9 Å². The lowest BCUT2D eigenvalue weighted by Gasteiger charge is -2.29. The van der Waals surface area contributed by atoms with E-state index in [9.17, 15) is 9.59 Å². The summed E-state index contributed by atoms with van der Waals surface area (Å²) in [7, 11) is 1.62. The number of carbonyl (C=O) groups excluding carboxylic acids is 1. The van der Waals surface area contributed by atoms with E-state index in [1.165, 1.54) is 15.7 Å². The van der Waals surface area contributed by atoms with E-state index >= 15 is 0 Å². The van der Waals surface area contributed by atoms with Crippen LogP contribution in [0.15, 0.2) is 46.6 Å². The van der Waals surface area contributed by atoms with E-state index in [-0.39, 0.29) is 16.5 Å². The highest BCUT2D eigenvalue weighted by Crippen LogP contribution is 2.31. The number of fused-ring (bicyclic) bond motifs is 1. The number of aromatic nitrogens is 7. The molecule has 6 rings (SSSR count). The third-order valence-electron chi connectivity index (χ3n) is 7.58. The summed E-state index contributed by atoms with van der Waals surface area (Å²) in [6.07, 6.45) is 3.43. The average molecular weight is 627 g/mol. The summed E-state index contributed by atoms with van der Waals surface area (Å²) in [4.78, 5) is 38.7. The highest BCUT2D eigenvalue weighted by molar-refractivity contribution is 7.13. The molecular formula is C31H34N10O3S. The van der Waals surface area contributed by atoms with Crippen LogP contribution in [0.3, 0.4) is 0 Å². The summed E-state index contributed by atoms with van der Waals surface area (Å²) in [6.45, 7) is 9.44. The lowest BCUT2D eigenvalue weighted by molar-refractivity contribution is 0.1000. The van der Waals surface area contributed by atoms with Gasteiger partial charge in [0.1, 0.15) is 22.2 Å². The Morgan fingerprint density at radius 1 is 1.11 bits per heavy atom. The van der Waals surface area contributed by atoms with Crippen LogP contribution in [0.4, 0.5) is 5.82 Å². The third kappa shape index (κ3) is 6.19. The Morgan fingerprint density at radius 3 is 2.53 bits per heavy atom. The van der Waals surface area contributed by atoms with Gasteiger partial charge in [0.05, 0.1) is 30.6 Å². The first kappa shape index (κ1) is 30.1. The normalized spacial score (nSPS) is 14.0. The second-order valence-corrected chi connectivity index (χ2v) is 12.6. The van der Waals surface area contributed by atoms with Crippen molar-refractivity contribution >= 4 is 40.9 Å². The first-order chi connectivity index (χ1) is 21.6. The van der Waals surface area contributed by atoms with Crippen molar-refractivity contribution in [3.8, 4) is 16.5 Å². The predicted octanol–water partition coefficient (Wildman–Crippen LogP) is 2.84. The van der Waals surface area contributed by atoms with Gasteiger partial charge in [0, 0.05) is 42.5 Å². The molecule has 4 aromatic heterocycles. The molecule has 3 N–H and O–H groups in total. The van der Waals surface area contributed by atoms with Crippen molar-refractivity contribution in [3.63, 3.8) is 0 Å². The standard InChI is InChI=1S/C31H34N10O3S/c1-31(2,3)24-18-45-29(34-24)23-15-20(27(32)42)16-26-35-28(39-13-11-33-12-14-39)22(30(43)41(23)26)9-10-25-36-37-38-40(25)17-19-5-7-21(44-4)8-6-19/h5-10,15-16,18,33H,11-14,17H2,1-4H3,(H2,32,42). The molecular weight excluding hydrogens is 592 g/mol. The summed E-state index contributed by atoms with van der Waals surface area (Å²) < 4.78 is 8.42. The minimum absolute atomic E-state index is 0.200. The number of carbonyl (C=O) groups is 1. The largest absolute Gasteiger partial charge is 0.497 e. The van der Waals surface area contributed by atoms with Gasteiger partial charge in [-0.1, -0.05) is 32.9 Å². The third-order valence-corrected chi connectivity index (χ3v) is 8.45.